The largest absolute Gasteiger partial charge is 0.493 e. The van der Waals surface area contributed by atoms with Crippen molar-refractivity contribution >= 4 is 11.6 Å². The summed E-state index contributed by atoms with van der Waals surface area (Å²) in [6, 6.07) is 6.42. The Bertz CT molecular complexity index is 829. The molecule has 2 rings (SSSR count). The molecule has 0 aliphatic carbocycles. The van der Waals surface area contributed by atoms with Crippen LogP contribution in [0.1, 0.15) is 16.7 Å². The van der Waals surface area contributed by atoms with Crippen LogP contribution in [-0.4, -0.2) is 27.2 Å². The maximum atomic E-state index is 13.0. The van der Waals surface area contributed by atoms with Crippen molar-refractivity contribution in [2.45, 2.75) is 19.1 Å². The van der Waals surface area contributed by atoms with E-state index in [9.17, 15) is 18.0 Å². The number of carbonyl (C=O) groups excluding carboxylic acids is 1. The van der Waals surface area contributed by atoms with Gasteiger partial charge in [0.2, 0.25) is 11.7 Å². The van der Waals surface area contributed by atoms with Crippen LogP contribution in [0.3, 0.4) is 0 Å². The number of ether oxygens (including phenoxy) is 3. The third-order valence-electron chi connectivity index (χ3n) is 3.93. The summed E-state index contributed by atoms with van der Waals surface area (Å²) in [7, 11) is 4.34. The van der Waals surface area contributed by atoms with E-state index in [4.69, 9.17) is 19.9 Å². The smallest absolute Gasteiger partial charge is 0.416 e. The molecule has 1 amide bonds. The van der Waals surface area contributed by atoms with E-state index in [1.165, 1.54) is 27.4 Å². The molecule has 0 spiro atoms. The Hall–Kier alpha value is -2.94. The number of benzene rings is 2. The molecule has 152 valence electrons. The monoisotopic (exact) mass is 398 g/mol. The van der Waals surface area contributed by atoms with E-state index in [-0.39, 0.29) is 24.2 Å². The highest BCUT2D eigenvalue weighted by Crippen LogP contribution is 2.38. The molecular weight excluding hydrogens is 377 g/mol. The van der Waals surface area contributed by atoms with Crippen molar-refractivity contribution in [3.63, 3.8) is 0 Å². The minimum atomic E-state index is -4.54. The first kappa shape index (κ1) is 21.4. The van der Waals surface area contributed by atoms with Gasteiger partial charge >= 0.3 is 6.18 Å². The highest BCUT2D eigenvalue weighted by molar-refractivity contribution is 5.92. The molecule has 3 N–H and O–H groups in total. The van der Waals surface area contributed by atoms with Gasteiger partial charge in [0.15, 0.2) is 11.5 Å². The Morgan fingerprint density at radius 3 is 2.04 bits per heavy atom. The quantitative estimate of drug-likeness (QED) is 0.747. The standard InChI is InChI=1S/C19H21F3N2O4/c1-26-15-6-11(7-16(27-2)18(15)28-3)8-17(25)24-14-5-12(10-23)4-13(9-14)19(20,21)22/h4-7,9H,8,10,23H2,1-3H3,(H,24,25). The lowest BCUT2D eigenvalue weighted by Crippen LogP contribution is -2.16. The van der Waals surface area contributed by atoms with Crippen LogP contribution in [0.2, 0.25) is 0 Å². The number of rotatable bonds is 7. The van der Waals surface area contributed by atoms with Gasteiger partial charge in [-0.1, -0.05) is 0 Å². The fourth-order valence-corrected chi connectivity index (χ4v) is 2.67. The molecule has 2 aromatic rings. The SMILES string of the molecule is COc1cc(CC(=O)Nc2cc(CN)cc(C(F)(F)F)c2)cc(OC)c1OC. The van der Waals surface area contributed by atoms with Crippen LogP contribution in [0.5, 0.6) is 17.2 Å². The van der Waals surface area contributed by atoms with E-state index in [1.807, 2.05) is 0 Å². The van der Waals surface area contributed by atoms with E-state index in [2.05, 4.69) is 5.32 Å². The molecule has 0 aromatic heterocycles. The Balaban J connectivity index is 2.25. The molecule has 0 unspecified atom stereocenters. The lowest BCUT2D eigenvalue weighted by Gasteiger charge is -2.15. The number of halogens is 3. The topological polar surface area (TPSA) is 82.8 Å². The summed E-state index contributed by atoms with van der Waals surface area (Å²) < 4.78 is 54.7. The number of nitrogens with two attached hydrogens (primary N) is 1. The zero-order chi connectivity index (χ0) is 20.9. The fraction of sp³-hybridized carbons (Fsp3) is 0.316. The lowest BCUT2D eigenvalue weighted by molar-refractivity contribution is -0.137. The Kier molecular flexibility index (Phi) is 6.74. The van der Waals surface area contributed by atoms with Crippen LogP contribution in [0.15, 0.2) is 30.3 Å². The predicted octanol–water partition coefficient (Wildman–Crippen LogP) is 3.37. The van der Waals surface area contributed by atoms with Crippen LogP contribution in [0.4, 0.5) is 18.9 Å². The third-order valence-corrected chi connectivity index (χ3v) is 3.93. The van der Waals surface area contributed by atoms with Crippen LogP contribution in [-0.2, 0) is 23.9 Å². The minimum Gasteiger partial charge on any atom is -0.493 e. The summed E-state index contributed by atoms with van der Waals surface area (Å²) >= 11 is 0. The maximum Gasteiger partial charge on any atom is 0.416 e. The van der Waals surface area contributed by atoms with Crippen LogP contribution < -0.4 is 25.3 Å². The van der Waals surface area contributed by atoms with Crippen LogP contribution >= 0.6 is 0 Å². The Morgan fingerprint density at radius 1 is 0.964 bits per heavy atom. The van der Waals surface area contributed by atoms with Crippen molar-refractivity contribution in [1.82, 2.24) is 0 Å². The minimum absolute atomic E-state index is 0.0210. The number of carbonyl (C=O) groups is 1. The third kappa shape index (κ3) is 5.07. The van der Waals surface area contributed by atoms with Gasteiger partial charge in [0, 0.05) is 12.2 Å². The summed E-state index contributed by atoms with van der Waals surface area (Å²) in [5.41, 5.74) is 5.40. The number of amides is 1. The fourth-order valence-electron chi connectivity index (χ4n) is 2.67. The summed E-state index contributed by atoms with van der Waals surface area (Å²) in [5, 5.41) is 2.47. The molecule has 9 heteroatoms. The average molecular weight is 398 g/mol. The van der Waals surface area contributed by atoms with Crippen molar-refractivity contribution in [3.05, 3.63) is 47.0 Å². The number of anilines is 1. The predicted molar refractivity (Wildman–Crippen MR) is 97.8 cm³/mol. The second kappa shape index (κ2) is 8.83. The molecule has 6 nitrogen and oxygen atoms in total. The van der Waals surface area contributed by atoms with E-state index >= 15 is 0 Å². The molecule has 2 aromatic carbocycles. The van der Waals surface area contributed by atoms with Gasteiger partial charge in [0.05, 0.1) is 33.3 Å². The molecule has 0 saturated carbocycles. The van der Waals surface area contributed by atoms with Gasteiger partial charge in [-0.05, 0) is 41.5 Å². The van der Waals surface area contributed by atoms with Crippen molar-refractivity contribution in [2.24, 2.45) is 5.73 Å². The molecule has 0 radical (unpaired) electrons. The van der Waals surface area contributed by atoms with Crippen molar-refractivity contribution in [1.29, 1.82) is 0 Å². The van der Waals surface area contributed by atoms with Crippen LogP contribution in [0.25, 0.3) is 0 Å². The zero-order valence-electron chi connectivity index (χ0n) is 15.6. The lowest BCUT2D eigenvalue weighted by atomic mass is 10.1. The molecule has 0 atom stereocenters. The zero-order valence-corrected chi connectivity index (χ0v) is 15.6. The van der Waals surface area contributed by atoms with Gasteiger partial charge in [-0.15, -0.1) is 0 Å². The van der Waals surface area contributed by atoms with Crippen LogP contribution in [0, 0.1) is 0 Å². The van der Waals surface area contributed by atoms with Gasteiger partial charge in [-0.3, -0.25) is 4.79 Å². The van der Waals surface area contributed by atoms with E-state index < -0.39 is 17.6 Å². The summed E-state index contributed by atoms with van der Waals surface area (Å²) in [4.78, 5) is 12.4. The summed E-state index contributed by atoms with van der Waals surface area (Å²) in [6.45, 7) is -0.0837. The van der Waals surface area contributed by atoms with Gasteiger partial charge < -0.3 is 25.3 Å². The average Bonchev–Trinajstić information content (AvgIpc) is 2.65. The van der Waals surface area contributed by atoms with Gasteiger partial charge in [-0.2, -0.15) is 13.2 Å². The molecule has 0 bridgehead atoms. The molecule has 0 saturated heterocycles. The number of hydrogen-bond donors (Lipinski definition) is 2. The highest BCUT2D eigenvalue weighted by atomic mass is 19.4. The first-order valence-corrected chi connectivity index (χ1v) is 8.21. The first-order chi connectivity index (χ1) is 13.2. The van der Waals surface area contributed by atoms with E-state index in [0.717, 1.165) is 12.1 Å². The molecular formula is C19H21F3N2O4. The summed E-state index contributed by atoms with van der Waals surface area (Å²) in [5.74, 6) is 0.611. The first-order valence-electron chi connectivity index (χ1n) is 8.21. The van der Waals surface area contributed by atoms with Gasteiger partial charge in [0.25, 0.3) is 0 Å². The molecule has 0 aliphatic heterocycles. The number of alkyl halides is 3. The van der Waals surface area contributed by atoms with Crippen molar-refractivity contribution in [2.75, 3.05) is 26.6 Å². The number of hydrogen-bond acceptors (Lipinski definition) is 5. The molecule has 0 fully saturated rings. The normalized spacial score (nSPS) is 11.1. The maximum absolute atomic E-state index is 13.0. The van der Waals surface area contributed by atoms with Crippen molar-refractivity contribution < 1.29 is 32.2 Å². The second-order valence-corrected chi connectivity index (χ2v) is 5.88. The Labute approximate surface area is 160 Å². The van der Waals surface area contributed by atoms with E-state index in [1.54, 1.807) is 12.1 Å². The number of methoxy groups -OCH3 is 3. The highest BCUT2D eigenvalue weighted by Gasteiger charge is 2.31. The van der Waals surface area contributed by atoms with Crippen molar-refractivity contribution in [3.8, 4) is 17.2 Å². The Morgan fingerprint density at radius 2 is 1.57 bits per heavy atom. The second-order valence-electron chi connectivity index (χ2n) is 5.88. The molecule has 28 heavy (non-hydrogen) atoms. The molecule has 0 heterocycles. The van der Waals surface area contributed by atoms with E-state index in [0.29, 0.717) is 22.8 Å². The number of nitrogens with one attached hydrogen (secondary N) is 1. The van der Waals surface area contributed by atoms with Gasteiger partial charge in [-0.25, -0.2) is 0 Å². The van der Waals surface area contributed by atoms with Gasteiger partial charge in [0.1, 0.15) is 0 Å². The molecule has 0 aliphatic rings. The summed E-state index contributed by atoms with van der Waals surface area (Å²) in [6.07, 6.45) is -4.65.